The lowest BCUT2D eigenvalue weighted by atomic mass is 9.81. The minimum Gasteiger partial charge on any atom is -0.347 e. The molecule has 4 aliphatic carbocycles. The molecular weight excluding hydrogens is 664 g/mol. The summed E-state index contributed by atoms with van der Waals surface area (Å²) in [5.41, 5.74) is -0.775. The predicted octanol–water partition coefficient (Wildman–Crippen LogP) is 2.93. The summed E-state index contributed by atoms with van der Waals surface area (Å²) < 4.78 is 0. The third-order valence-corrected chi connectivity index (χ3v) is 12.0. The van der Waals surface area contributed by atoms with Gasteiger partial charge < -0.3 is 31.5 Å². The molecule has 290 valence electrons. The van der Waals surface area contributed by atoms with Crippen molar-refractivity contribution in [1.29, 1.82) is 0 Å². The van der Waals surface area contributed by atoms with Gasteiger partial charge in [-0.25, -0.2) is 0 Å². The Kier molecular flexibility index (Phi) is 13.4. The largest absolute Gasteiger partial charge is 0.347 e. The standard InChI is InChI=1S/C39H62N6O7/c1-5-13-27(31(46)35(49)40-26-20-21-26)42-33(47)29-22-24-16-9-12-19-28(24)45(29)38(52)32(39(2,3)4)44-34(48)30(23-14-7-6-8-15-23)43-37(51)36(50)41-25-17-10-11-18-25/h23-30,32H,5-22H2,1-4H3,(H,40,49)(H,41,50)(H,42,47)(H,43,51)(H,44,48)/t24-,27-,28-,29-,30-,32+/m0/s1. The SMILES string of the molecule is CCC[C@H](NC(=O)[C@@H]1C[C@@H]2CCCC[C@@H]2N1C(=O)[C@@H](NC(=O)[C@@H](NC(=O)C(=O)NC1CCCC1)C1CCCCC1)C(C)(C)C)C(=O)C(=O)NC1CC1. The molecule has 0 aromatic heterocycles. The fraction of sp³-hybridized carbons (Fsp3) is 0.821. The molecule has 6 amide bonds. The summed E-state index contributed by atoms with van der Waals surface area (Å²) in [6.07, 6.45) is 14.4. The second kappa shape index (κ2) is 17.5. The van der Waals surface area contributed by atoms with Gasteiger partial charge in [0, 0.05) is 18.1 Å². The molecule has 5 rings (SSSR count). The molecule has 5 aliphatic rings. The van der Waals surface area contributed by atoms with Crippen molar-refractivity contribution in [1.82, 2.24) is 31.5 Å². The van der Waals surface area contributed by atoms with Gasteiger partial charge in [-0.1, -0.05) is 79.1 Å². The molecule has 5 N–H and O–H groups in total. The zero-order chi connectivity index (χ0) is 37.6. The van der Waals surface area contributed by atoms with Crippen LogP contribution >= 0.6 is 0 Å². The van der Waals surface area contributed by atoms with E-state index in [1.54, 1.807) is 4.90 Å². The first-order chi connectivity index (χ1) is 24.8. The zero-order valence-electron chi connectivity index (χ0n) is 31.7. The number of carbonyl (C=O) groups excluding carboxylic acids is 7. The van der Waals surface area contributed by atoms with Gasteiger partial charge in [0.15, 0.2) is 0 Å². The highest BCUT2D eigenvalue weighted by Gasteiger charge is 2.51. The van der Waals surface area contributed by atoms with E-state index in [2.05, 4.69) is 26.6 Å². The van der Waals surface area contributed by atoms with Crippen molar-refractivity contribution in [3.05, 3.63) is 0 Å². The summed E-state index contributed by atoms with van der Waals surface area (Å²) in [5.74, 6) is -4.42. The lowest BCUT2D eigenvalue weighted by molar-refractivity contribution is -0.148. The van der Waals surface area contributed by atoms with E-state index in [9.17, 15) is 33.6 Å². The minimum atomic E-state index is -1.04. The number of fused-ring (bicyclic) bond motifs is 1. The number of hydrogen-bond acceptors (Lipinski definition) is 7. The van der Waals surface area contributed by atoms with E-state index >= 15 is 0 Å². The number of hydrogen-bond donors (Lipinski definition) is 5. The molecule has 0 aromatic rings. The molecule has 0 spiro atoms. The van der Waals surface area contributed by atoms with Gasteiger partial charge in [-0.15, -0.1) is 0 Å². The van der Waals surface area contributed by atoms with Crippen molar-refractivity contribution in [3.63, 3.8) is 0 Å². The van der Waals surface area contributed by atoms with Crippen molar-refractivity contribution in [2.24, 2.45) is 17.3 Å². The first-order valence-corrected chi connectivity index (χ1v) is 20.2. The van der Waals surface area contributed by atoms with Crippen LogP contribution in [0.2, 0.25) is 0 Å². The van der Waals surface area contributed by atoms with Crippen LogP contribution in [0, 0.1) is 17.3 Å². The first kappa shape index (κ1) is 39.7. The van der Waals surface area contributed by atoms with E-state index in [0.717, 1.165) is 83.5 Å². The van der Waals surface area contributed by atoms with Crippen LogP contribution in [-0.4, -0.2) is 88.4 Å². The zero-order valence-corrected chi connectivity index (χ0v) is 31.7. The Morgan fingerprint density at radius 2 is 1.27 bits per heavy atom. The molecule has 0 aromatic carbocycles. The maximum atomic E-state index is 14.9. The van der Waals surface area contributed by atoms with Gasteiger partial charge in [0.05, 0.1) is 6.04 Å². The lowest BCUT2D eigenvalue weighted by Gasteiger charge is -2.40. The summed E-state index contributed by atoms with van der Waals surface area (Å²) in [7, 11) is 0. The van der Waals surface area contributed by atoms with E-state index in [4.69, 9.17) is 0 Å². The van der Waals surface area contributed by atoms with Gasteiger partial charge in [-0.05, 0) is 81.5 Å². The maximum absolute atomic E-state index is 14.9. The minimum absolute atomic E-state index is 0.00477. The van der Waals surface area contributed by atoms with Crippen molar-refractivity contribution >= 4 is 41.2 Å². The molecule has 1 aliphatic heterocycles. The third kappa shape index (κ3) is 9.92. The predicted molar refractivity (Wildman–Crippen MR) is 194 cm³/mol. The van der Waals surface area contributed by atoms with Crippen LogP contribution in [0.4, 0.5) is 0 Å². The molecule has 0 unspecified atom stereocenters. The van der Waals surface area contributed by atoms with Crippen molar-refractivity contribution in [2.45, 2.75) is 186 Å². The van der Waals surface area contributed by atoms with E-state index in [1.807, 2.05) is 27.7 Å². The van der Waals surface area contributed by atoms with E-state index in [-0.39, 0.29) is 35.9 Å². The number of rotatable bonds is 13. The van der Waals surface area contributed by atoms with Crippen LogP contribution in [0.15, 0.2) is 0 Å². The average Bonchev–Trinajstić information content (AvgIpc) is 3.61. The Bertz CT molecular complexity index is 1350. The number of nitrogens with zero attached hydrogens (tertiary/aromatic N) is 1. The Labute approximate surface area is 308 Å². The number of likely N-dealkylation sites (tertiary alicyclic amines) is 1. The summed E-state index contributed by atoms with van der Waals surface area (Å²) >= 11 is 0. The Morgan fingerprint density at radius 3 is 1.90 bits per heavy atom. The fourth-order valence-electron chi connectivity index (χ4n) is 8.90. The molecule has 13 nitrogen and oxygen atoms in total. The van der Waals surface area contributed by atoms with Crippen LogP contribution < -0.4 is 26.6 Å². The highest BCUT2D eigenvalue weighted by atomic mass is 16.2. The highest BCUT2D eigenvalue weighted by Crippen LogP contribution is 2.41. The molecular formula is C39H62N6O7. The Balaban J connectivity index is 1.35. The Hall–Kier alpha value is -3.51. The molecule has 0 radical (unpaired) electrons. The fourth-order valence-corrected chi connectivity index (χ4v) is 8.90. The van der Waals surface area contributed by atoms with Crippen molar-refractivity contribution in [2.75, 3.05) is 0 Å². The van der Waals surface area contributed by atoms with Crippen molar-refractivity contribution < 1.29 is 33.6 Å². The van der Waals surface area contributed by atoms with Gasteiger partial charge in [0.1, 0.15) is 18.1 Å². The van der Waals surface area contributed by atoms with Crippen molar-refractivity contribution in [3.8, 4) is 0 Å². The second-order valence-corrected chi connectivity index (χ2v) is 17.2. The lowest BCUT2D eigenvalue weighted by Crippen LogP contribution is -2.63. The number of carbonyl (C=O) groups is 7. The van der Waals surface area contributed by atoms with Crippen LogP contribution in [0.5, 0.6) is 0 Å². The third-order valence-electron chi connectivity index (χ3n) is 12.0. The molecule has 0 bridgehead atoms. The molecule has 6 atom stereocenters. The van der Waals surface area contributed by atoms with Gasteiger partial charge in [0.2, 0.25) is 23.5 Å². The molecule has 13 heteroatoms. The van der Waals surface area contributed by atoms with Gasteiger partial charge in [-0.3, -0.25) is 33.6 Å². The number of nitrogens with one attached hydrogen (secondary N) is 5. The number of Topliss-reactive ketones (excluding diaryl/α,β-unsaturated/α-hetero) is 1. The first-order valence-electron chi connectivity index (χ1n) is 20.2. The van der Waals surface area contributed by atoms with Gasteiger partial charge in [-0.2, -0.15) is 0 Å². The van der Waals surface area contributed by atoms with Gasteiger partial charge in [0.25, 0.3) is 5.91 Å². The van der Waals surface area contributed by atoms with Gasteiger partial charge >= 0.3 is 11.8 Å². The smallest absolute Gasteiger partial charge is 0.309 e. The van der Waals surface area contributed by atoms with E-state index < -0.39 is 64.9 Å². The number of ketones is 1. The molecule has 1 saturated heterocycles. The van der Waals surface area contributed by atoms with E-state index in [0.29, 0.717) is 32.1 Å². The second-order valence-electron chi connectivity index (χ2n) is 17.2. The Morgan fingerprint density at radius 1 is 0.673 bits per heavy atom. The van der Waals surface area contributed by atoms with Crippen LogP contribution in [0.25, 0.3) is 0 Å². The van der Waals surface area contributed by atoms with Crippen LogP contribution in [0.3, 0.4) is 0 Å². The number of amides is 6. The molecule has 4 saturated carbocycles. The summed E-state index contributed by atoms with van der Waals surface area (Å²) in [4.78, 5) is 96.8. The quantitative estimate of drug-likeness (QED) is 0.181. The molecule has 52 heavy (non-hydrogen) atoms. The topological polar surface area (TPSA) is 183 Å². The average molecular weight is 727 g/mol. The molecule has 5 fully saturated rings. The monoisotopic (exact) mass is 726 g/mol. The summed E-state index contributed by atoms with van der Waals surface area (Å²) in [6, 6.07) is -4.15. The van der Waals surface area contributed by atoms with Crippen LogP contribution in [0.1, 0.15) is 143 Å². The van der Waals surface area contributed by atoms with E-state index in [1.165, 1.54) is 0 Å². The normalized spacial score (nSPS) is 25.6. The summed E-state index contributed by atoms with van der Waals surface area (Å²) in [6.45, 7) is 7.46. The highest BCUT2D eigenvalue weighted by molar-refractivity contribution is 6.38. The molecule has 1 heterocycles. The van der Waals surface area contributed by atoms with Crippen LogP contribution in [-0.2, 0) is 33.6 Å². The maximum Gasteiger partial charge on any atom is 0.309 e. The summed E-state index contributed by atoms with van der Waals surface area (Å²) in [5, 5.41) is 14.1.